The van der Waals surface area contributed by atoms with Crippen molar-refractivity contribution in [2.75, 3.05) is 33.0 Å². The third-order valence-electron chi connectivity index (χ3n) is 12.5. The maximum Gasteiger partial charge on any atom is 0.306 e. The Morgan fingerprint density at radius 3 is 1.42 bits per heavy atom. The van der Waals surface area contributed by atoms with Gasteiger partial charge in [0.1, 0.15) is 54.9 Å². The summed E-state index contributed by atoms with van der Waals surface area (Å²) in [6.07, 6.45) is 22.7. The highest BCUT2D eigenvalue weighted by Crippen LogP contribution is 2.26. The van der Waals surface area contributed by atoms with Crippen molar-refractivity contribution in [3.05, 3.63) is 12.2 Å². The summed E-state index contributed by atoms with van der Waals surface area (Å²) in [5.74, 6) is -0.381. The topological polar surface area (TPSA) is 214 Å². The lowest BCUT2D eigenvalue weighted by atomic mass is 9.98. The lowest BCUT2D eigenvalue weighted by Gasteiger charge is -2.42. The summed E-state index contributed by atoms with van der Waals surface area (Å²) < 4.78 is 34.3. The number of carbonyl (C=O) groups excluding carboxylic acids is 1. The van der Waals surface area contributed by atoms with Gasteiger partial charge in [0, 0.05) is 13.0 Å². The number of carbonyl (C=O) groups is 1. The summed E-state index contributed by atoms with van der Waals surface area (Å²) in [6.45, 7) is 3.70. The van der Waals surface area contributed by atoms with Crippen LogP contribution in [0.25, 0.3) is 0 Å². The zero-order chi connectivity index (χ0) is 46.6. The fourth-order valence-corrected chi connectivity index (χ4v) is 8.28. The van der Waals surface area contributed by atoms with Crippen LogP contribution in [0.5, 0.6) is 0 Å². The molecule has 0 aromatic heterocycles. The van der Waals surface area contributed by atoms with Crippen molar-refractivity contribution < 1.29 is 69.0 Å². The fourth-order valence-electron chi connectivity index (χ4n) is 8.28. The minimum atomic E-state index is -1.70. The van der Waals surface area contributed by atoms with Crippen LogP contribution in [0.3, 0.4) is 0 Å². The Morgan fingerprint density at radius 1 is 0.500 bits per heavy atom. The van der Waals surface area contributed by atoms with Crippen LogP contribution >= 0.6 is 0 Å². The Kier molecular flexibility index (Phi) is 35.6. The molecule has 14 nitrogen and oxygen atoms in total. The highest BCUT2D eigenvalue weighted by atomic mass is 16.7. The smallest absolute Gasteiger partial charge is 0.306 e. The van der Waals surface area contributed by atoms with Crippen LogP contribution in [0.1, 0.15) is 200 Å². The molecule has 0 saturated carbocycles. The molecule has 2 saturated heterocycles. The van der Waals surface area contributed by atoms with E-state index < -0.39 is 80.7 Å². The number of unbranched alkanes of at least 4 members (excludes halogenated alkanes) is 25. The Bertz CT molecular complexity index is 1110. The van der Waals surface area contributed by atoms with Crippen LogP contribution in [0.4, 0.5) is 0 Å². The Balaban J connectivity index is 1.77. The van der Waals surface area contributed by atoms with Crippen molar-refractivity contribution in [1.82, 2.24) is 0 Å². The van der Waals surface area contributed by atoms with E-state index in [-0.39, 0.29) is 25.6 Å². The highest BCUT2D eigenvalue weighted by Gasteiger charge is 2.47. The minimum absolute atomic E-state index is 0.0639. The Hall–Kier alpha value is -1.27. The van der Waals surface area contributed by atoms with Crippen LogP contribution in [0, 0.1) is 0 Å². The van der Waals surface area contributed by atoms with E-state index in [1.165, 1.54) is 116 Å². The van der Waals surface area contributed by atoms with E-state index in [0.29, 0.717) is 13.0 Å². The first kappa shape index (κ1) is 58.9. The first-order chi connectivity index (χ1) is 31.1. The molecule has 0 bridgehead atoms. The third-order valence-corrected chi connectivity index (χ3v) is 12.5. The van der Waals surface area contributed by atoms with Gasteiger partial charge in [0.2, 0.25) is 0 Å². The number of rotatable bonds is 41. The molecule has 14 heteroatoms. The normalized spacial score (nSPS) is 26.8. The lowest BCUT2D eigenvalue weighted by Crippen LogP contribution is -2.61. The molecule has 2 rings (SSSR count). The SMILES string of the molecule is CCCCCCCC/C=C\CCCCCCCC(=O)OC(COCCCCCCCCCCCCCCCCC)COC1OC(COC2OC(CO)C(O)C(O)C2O)C(O)C(O)C1O. The van der Waals surface area contributed by atoms with Crippen LogP contribution in [-0.2, 0) is 33.2 Å². The number of aliphatic hydroxyl groups is 7. The van der Waals surface area contributed by atoms with Gasteiger partial charge in [0.05, 0.1) is 26.4 Å². The number of esters is 1. The quantitative estimate of drug-likeness (QED) is 0.0180. The Morgan fingerprint density at radius 2 is 0.922 bits per heavy atom. The highest BCUT2D eigenvalue weighted by molar-refractivity contribution is 5.69. The van der Waals surface area contributed by atoms with Crippen molar-refractivity contribution >= 4 is 5.97 Å². The maximum atomic E-state index is 13.0. The van der Waals surface area contributed by atoms with Gasteiger partial charge in [0.25, 0.3) is 0 Å². The van der Waals surface area contributed by atoms with E-state index in [9.17, 15) is 40.5 Å². The average Bonchev–Trinajstić information content (AvgIpc) is 3.29. The van der Waals surface area contributed by atoms with Gasteiger partial charge in [-0.1, -0.05) is 167 Å². The minimum Gasteiger partial charge on any atom is -0.457 e. The first-order valence-electron chi connectivity index (χ1n) is 25.8. The molecule has 378 valence electrons. The molecule has 2 aliphatic rings. The van der Waals surface area contributed by atoms with E-state index in [1.54, 1.807) is 0 Å². The number of allylic oxidation sites excluding steroid dienone is 2. The van der Waals surface area contributed by atoms with Gasteiger partial charge in [-0.2, -0.15) is 0 Å². The van der Waals surface area contributed by atoms with Gasteiger partial charge < -0.3 is 64.2 Å². The first-order valence-corrected chi connectivity index (χ1v) is 25.8. The van der Waals surface area contributed by atoms with Crippen LogP contribution in [0.2, 0.25) is 0 Å². The van der Waals surface area contributed by atoms with E-state index >= 15 is 0 Å². The summed E-state index contributed by atoms with van der Waals surface area (Å²) in [5.41, 5.74) is 0. The van der Waals surface area contributed by atoms with Gasteiger partial charge in [-0.25, -0.2) is 0 Å². The molecule has 0 radical (unpaired) electrons. The molecule has 2 aliphatic heterocycles. The predicted octanol–water partition coefficient (Wildman–Crippen LogP) is 7.46. The van der Waals surface area contributed by atoms with Crippen molar-refractivity contribution in [3.8, 4) is 0 Å². The number of aliphatic hydroxyl groups excluding tert-OH is 7. The second-order valence-corrected chi connectivity index (χ2v) is 18.3. The maximum absolute atomic E-state index is 13.0. The van der Waals surface area contributed by atoms with Crippen LogP contribution in [0.15, 0.2) is 12.2 Å². The summed E-state index contributed by atoms with van der Waals surface area (Å²) in [6, 6.07) is 0. The van der Waals surface area contributed by atoms with E-state index in [1.807, 2.05) is 0 Å². The van der Waals surface area contributed by atoms with Crippen LogP contribution < -0.4 is 0 Å². The monoisotopic (exact) mass is 919 g/mol. The van der Waals surface area contributed by atoms with Gasteiger partial charge in [-0.15, -0.1) is 0 Å². The van der Waals surface area contributed by atoms with Crippen molar-refractivity contribution in [3.63, 3.8) is 0 Å². The van der Waals surface area contributed by atoms with Gasteiger partial charge in [0.15, 0.2) is 12.6 Å². The molecule has 7 N–H and O–H groups in total. The van der Waals surface area contributed by atoms with Crippen molar-refractivity contribution in [1.29, 1.82) is 0 Å². The van der Waals surface area contributed by atoms with Crippen LogP contribution in [-0.4, -0.2) is 142 Å². The fraction of sp³-hybridized carbons (Fsp3) is 0.940. The molecular formula is C50H94O14. The van der Waals surface area contributed by atoms with E-state index in [0.717, 1.165) is 57.8 Å². The molecule has 2 fully saturated rings. The molecule has 0 aromatic carbocycles. The van der Waals surface area contributed by atoms with E-state index in [2.05, 4.69) is 26.0 Å². The number of ether oxygens (including phenoxy) is 6. The molecule has 11 unspecified atom stereocenters. The molecule has 2 heterocycles. The molecule has 11 atom stereocenters. The number of hydrogen-bond acceptors (Lipinski definition) is 14. The lowest BCUT2D eigenvalue weighted by molar-refractivity contribution is -0.332. The molecule has 64 heavy (non-hydrogen) atoms. The van der Waals surface area contributed by atoms with Gasteiger partial charge in [-0.3, -0.25) is 4.79 Å². The predicted molar refractivity (Wildman–Crippen MR) is 247 cm³/mol. The summed E-state index contributed by atoms with van der Waals surface area (Å²) in [5, 5.41) is 72.1. The zero-order valence-corrected chi connectivity index (χ0v) is 40.0. The van der Waals surface area contributed by atoms with Gasteiger partial charge >= 0.3 is 5.97 Å². The zero-order valence-electron chi connectivity index (χ0n) is 40.0. The van der Waals surface area contributed by atoms with Crippen molar-refractivity contribution in [2.24, 2.45) is 0 Å². The Labute approximate surface area is 386 Å². The average molecular weight is 919 g/mol. The molecule has 0 aromatic rings. The second kappa shape index (κ2) is 38.7. The summed E-state index contributed by atoms with van der Waals surface area (Å²) in [4.78, 5) is 13.0. The number of hydrogen-bond donors (Lipinski definition) is 7. The second-order valence-electron chi connectivity index (χ2n) is 18.3. The molecule has 0 aliphatic carbocycles. The van der Waals surface area contributed by atoms with Crippen molar-refractivity contribution in [2.45, 2.75) is 268 Å². The summed E-state index contributed by atoms with van der Waals surface area (Å²) in [7, 11) is 0. The largest absolute Gasteiger partial charge is 0.457 e. The standard InChI is InChI=1S/C50H94O14/c1-3-5-7-9-11-13-15-17-19-21-23-25-27-29-31-33-42(52)62-39(36-59-34-32-30-28-26-24-22-20-18-16-14-12-10-8-6-4-2)37-60-49-48(58)46(56)44(54)41(64-49)38-61-50-47(57)45(55)43(53)40(35-51)63-50/h17,19,39-41,43-51,53-58H,3-16,18,20-38H2,1-2H3/b19-17-. The van der Waals surface area contributed by atoms with E-state index in [4.69, 9.17) is 28.4 Å². The molecule has 0 spiro atoms. The third kappa shape index (κ3) is 26.3. The molecule has 0 amide bonds. The van der Waals surface area contributed by atoms with Gasteiger partial charge in [-0.05, 0) is 38.5 Å². The molecular weight excluding hydrogens is 825 g/mol. The summed E-state index contributed by atoms with van der Waals surface area (Å²) >= 11 is 0.